The summed E-state index contributed by atoms with van der Waals surface area (Å²) in [5.74, 6) is -1.99. The quantitative estimate of drug-likeness (QED) is 0.0199. The lowest BCUT2D eigenvalue weighted by Crippen LogP contribution is -2.60. The molecule has 1 aliphatic heterocycles. The van der Waals surface area contributed by atoms with Crippen LogP contribution in [0.25, 0.3) is 0 Å². The normalized spacial score (nSPS) is 20.4. The van der Waals surface area contributed by atoms with Gasteiger partial charge >= 0.3 is 11.9 Å². The third-order valence-corrected chi connectivity index (χ3v) is 11.4. The highest BCUT2D eigenvalue weighted by Crippen LogP contribution is 2.24. The van der Waals surface area contributed by atoms with Crippen LogP contribution in [0.4, 0.5) is 0 Å². The Morgan fingerprint density at radius 1 is 0.567 bits per heavy atom. The summed E-state index contributed by atoms with van der Waals surface area (Å²) >= 11 is 0. The van der Waals surface area contributed by atoms with Crippen LogP contribution in [0.2, 0.25) is 0 Å². The van der Waals surface area contributed by atoms with Gasteiger partial charge in [-0.2, -0.15) is 8.42 Å². The summed E-state index contributed by atoms with van der Waals surface area (Å²) in [5, 5.41) is 30.9. The van der Waals surface area contributed by atoms with Crippen molar-refractivity contribution in [2.24, 2.45) is 0 Å². The third kappa shape index (κ3) is 31.7. The summed E-state index contributed by atoms with van der Waals surface area (Å²) < 4.78 is 54.1. The molecule has 0 bridgehead atoms. The predicted octanol–water partition coefficient (Wildman–Crippen LogP) is 9.78. The van der Waals surface area contributed by atoms with Gasteiger partial charge in [-0.3, -0.25) is 14.1 Å². The van der Waals surface area contributed by atoms with E-state index in [1.807, 2.05) is 0 Å². The van der Waals surface area contributed by atoms with E-state index in [0.29, 0.717) is 12.8 Å². The number of ether oxygens (including phenoxy) is 4. The number of hydrogen-bond donors (Lipinski definition) is 4. The average Bonchev–Trinajstić information content (AvgIpc) is 3.21. The van der Waals surface area contributed by atoms with Crippen molar-refractivity contribution in [3.8, 4) is 0 Å². The molecule has 0 radical (unpaired) electrons. The van der Waals surface area contributed by atoms with E-state index in [1.54, 1.807) is 0 Å². The number of allylic oxidation sites excluding steroid dienone is 6. The molecule has 1 heterocycles. The minimum Gasteiger partial charge on any atom is -0.462 e. The highest BCUT2D eigenvalue weighted by molar-refractivity contribution is 7.85. The number of unbranched alkanes of at least 4 members (excludes halogenated alkanes) is 21. The van der Waals surface area contributed by atoms with Crippen LogP contribution in [0, 0.1) is 0 Å². The Morgan fingerprint density at radius 2 is 1.02 bits per heavy atom. The monoisotopic (exact) mass is 873 g/mol. The van der Waals surface area contributed by atoms with E-state index in [-0.39, 0.29) is 19.4 Å². The molecule has 1 fully saturated rings. The van der Waals surface area contributed by atoms with Crippen LogP contribution in [0.5, 0.6) is 0 Å². The lowest BCUT2D eigenvalue weighted by molar-refractivity contribution is -0.297. The van der Waals surface area contributed by atoms with Crippen molar-refractivity contribution in [2.45, 2.75) is 230 Å². The van der Waals surface area contributed by atoms with Gasteiger partial charge in [-0.05, 0) is 64.2 Å². The molecule has 0 amide bonds. The molecule has 60 heavy (non-hydrogen) atoms. The predicted molar refractivity (Wildman–Crippen MR) is 238 cm³/mol. The van der Waals surface area contributed by atoms with Crippen LogP contribution in [0.15, 0.2) is 36.5 Å². The molecule has 0 aromatic rings. The molecule has 0 aromatic carbocycles. The zero-order valence-corrected chi connectivity index (χ0v) is 38.1. The van der Waals surface area contributed by atoms with Crippen molar-refractivity contribution in [3.63, 3.8) is 0 Å². The summed E-state index contributed by atoms with van der Waals surface area (Å²) in [4.78, 5) is 25.4. The van der Waals surface area contributed by atoms with E-state index in [0.717, 1.165) is 64.2 Å². The van der Waals surface area contributed by atoms with Gasteiger partial charge in [-0.25, -0.2) is 0 Å². The molecule has 2 unspecified atom stereocenters. The molecule has 0 saturated carbocycles. The molecular formula is C47H84O12S. The molecule has 13 heteroatoms. The molecular weight excluding hydrogens is 789 g/mol. The van der Waals surface area contributed by atoms with Gasteiger partial charge in [0.2, 0.25) is 0 Å². The largest absolute Gasteiger partial charge is 0.462 e. The van der Waals surface area contributed by atoms with Crippen molar-refractivity contribution in [1.82, 2.24) is 0 Å². The molecule has 1 saturated heterocycles. The maximum atomic E-state index is 12.8. The zero-order valence-electron chi connectivity index (χ0n) is 37.3. The van der Waals surface area contributed by atoms with E-state index in [4.69, 9.17) is 18.9 Å². The van der Waals surface area contributed by atoms with Crippen molar-refractivity contribution in [2.75, 3.05) is 19.0 Å². The number of carbonyl (C=O) groups excluding carboxylic acids is 2. The lowest BCUT2D eigenvalue weighted by atomic mass is 10.00. The average molecular weight is 873 g/mol. The number of esters is 2. The fourth-order valence-corrected chi connectivity index (χ4v) is 7.67. The molecule has 0 spiro atoms. The highest BCUT2D eigenvalue weighted by atomic mass is 32.2. The van der Waals surface area contributed by atoms with Crippen LogP contribution in [0.3, 0.4) is 0 Å². The fourth-order valence-electron chi connectivity index (χ4n) is 6.98. The molecule has 0 aromatic heterocycles. The van der Waals surface area contributed by atoms with Gasteiger partial charge in [-0.1, -0.05) is 153 Å². The Labute approximate surface area is 363 Å². The molecule has 1 aliphatic rings. The Balaban J connectivity index is 2.43. The van der Waals surface area contributed by atoms with E-state index in [2.05, 4.69) is 50.3 Å². The second-order valence-corrected chi connectivity index (χ2v) is 17.9. The Hall–Kier alpha value is -2.13. The standard InChI is InChI=1S/C47H84O12S/c1-3-5-7-9-11-13-15-17-19-20-22-23-25-27-29-31-33-35-42(48)56-37-40(38-57-47-46(52)45(51)44(50)41(59-47)39-60(53,54)55)58-43(49)36-34-32-30-28-26-24-21-18-16-14-12-10-8-6-4-2/h10-13,17,19,40-41,44-47,50-52H,3-9,14-16,18,20-39H2,1-2H3,(H,53,54,55)/b12-10+,13-11+,19-17+/t40-,41-,44-,45?,46?,47+/m1/s1. The maximum Gasteiger partial charge on any atom is 0.306 e. The highest BCUT2D eigenvalue weighted by Gasteiger charge is 2.46. The molecule has 6 atom stereocenters. The summed E-state index contributed by atoms with van der Waals surface area (Å²) in [6, 6.07) is 0. The van der Waals surface area contributed by atoms with E-state index >= 15 is 0 Å². The van der Waals surface area contributed by atoms with Crippen molar-refractivity contribution < 1.29 is 56.8 Å². The van der Waals surface area contributed by atoms with Gasteiger partial charge in [0.15, 0.2) is 12.4 Å². The van der Waals surface area contributed by atoms with Gasteiger partial charge in [0, 0.05) is 12.8 Å². The smallest absolute Gasteiger partial charge is 0.306 e. The third-order valence-electron chi connectivity index (χ3n) is 10.7. The number of carbonyl (C=O) groups is 2. The molecule has 4 N–H and O–H groups in total. The Bertz CT molecular complexity index is 1250. The topological polar surface area (TPSA) is 186 Å². The second-order valence-electron chi connectivity index (χ2n) is 16.4. The summed E-state index contributed by atoms with van der Waals surface area (Å²) in [6.07, 6.45) is 33.2. The van der Waals surface area contributed by atoms with E-state index < -0.39 is 71.2 Å². The van der Waals surface area contributed by atoms with Gasteiger partial charge in [0.05, 0.1) is 6.61 Å². The number of hydrogen-bond acceptors (Lipinski definition) is 11. The van der Waals surface area contributed by atoms with Gasteiger partial charge < -0.3 is 34.3 Å². The number of aliphatic hydroxyl groups excluding tert-OH is 3. The van der Waals surface area contributed by atoms with Crippen LogP contribution < -0.4 is 0 Å². The van der Waals surface area contributed by atoms with Crippen LogP contribution in [0.1, 0.15) is 194 Å². The van der Waals surface area contributed by atoms with E-state index in [1.165, 1.54) is 89.9 Å². The minimum atomic E-state index is -4.60. The summed E-state index contributed by atoms with van der Waals surface area (Å²) in [7, 11) is -4.60. The molecule has 0 aliphatic carbocycles. The van der Waals surface area contributed by atoms with Crippen molar-refractivity contribution in [3.05, 3.63) is 36.5 Å². The van der Waals surface area contributed by atoms with Crippen molar-refractivity contribution in [1.29, 1.82) is 0 Å². The SMILES string of the molecule is CCCC/C=C/CCCCCCCCCCCC(=O)O[C@H](COC(=O)CCCCCCCCC/C=C/C/C=C/CCCCC)CO[C@H]1O[C@H](CS(=O)(=O)O)[C@@H](O)C(O)C1O. The number of rotatable bonds is 39. The summed E-state index contributed by atoms with van der Waals surface area (Å²) in [6.45, 7) is 3.70. The summed E-state index contributed by atoms with van der Waals surface area (Å²) in [5.41, 5.74) is 0. The molecule has 350 valence electrons. The Kier molecular flexibility index (Phi) is 34.9. The number of aliphatic hydroxyl groups is 3. The van der Waals surface area contributed by atoms with Gasteiger partial charge in [0.1, 0.15) is 36.8 Å². The van der Waals surface area contributed by atoms with Crippen molar-refractivity contribution >= 4 is 22.1 Å². The zero-order chi connectivity index (χ0) is 44.1. The second kappa shape index (κ2) is 37.4. The maximum absolute atomic E-state index is 12.8. The Morgan fingerprint density at radius 3 is 1.53 bits per heavy atom. The first-order valence-electron chi connectivity index (χ1n) is 23.5. The lowest BCUT2D eigenvalue weighted by Gasteiger charge is -2.40. The van der Waals surface area contributed by atoms with Crippen LogP contribution >= 0.6 is 0 Å². The van der Waals surface area contributed by atoms with Gasteiger partial charge in [0.25, 0.3) is 10.1 Å². The van der Waals surface area contributed by atoms with Crippen LogP contribution in [-0.4, -0.2) is 96.0 Å². The van der Waals surface area contributed by atoms with E-state index in [9.17, 15) is 37.9 Å². The van der Waals surface area contributed by atoms with Gasteiger partial charge in [-0.15, -0.1) is 0 Å². The fraction of sp³-hybridized carbons (Fsp3) is 0.830. The first-order valence-corrected chi connectivity index (χ1v) is 25.2. The minimum absolute atomic E-state index is 0.160. The molecule has 12 nitrogen and oxygen atoms in total. The first kappa shape index (κ1) is 55.9. The molecule has 1 rings (SSSR count). The first-order chi connectivity index (χ1) is 29.0. The van der Waals surface area contributed by atoms with Crippen LogP contribution in [-0.2, 0) is 38.7 Å².